The summed E-state index contributed by atoms with van der Waals surface area (Å²) in [6.07, 6.45) is 0.896. The van der Waals surface area contributed by atoms with Crippen LogP contribution in [-0.2, 0) is 11.3 Å². The zero-order valence-electron chi connectivity index (χ0n) is 13.9. The highest BCUT2D eigenvalue weighted by Crippen LogP contribution is 2.15. The average molecular weight is 348 g/mol. The molecule has 0 spiro atoms. The number of ether oxygens (including phenoxy) is 1. The number of amides is 1. The van der Waals surface area contributed by atoms with Crippen molar-refractivity contribution >= 4 is 29.2 Å². The van der Waals surface area contributed by atoms with Crippen LogP contribution in [0, 0.1) is 13.8 Å². The number of hydrogen-bond acceptors (Lipinski definition) is 6. The second-order valence-electron chi connectivity index (χ2n) is 5.32. The Morgan fingerprint density at radius 3 is 2.67 bits per heavy atom. The van der Waals surface area contributed by atoms with Gasteiger partial charge in [-0.25, -0.2) is 0 Å². The predicted molar refractivity (Wildman–Crippen MR) is 93.9 cm³/mol. The van der Waals surface area contributed by atoms with Crippen LogP contribution in [0.25, 0.3) is 0 Å². The van der Waals surface area contributed by atoms with E-state index in [4.69, 9.17) is 17.0 Å². The van der Waals surface area contributed by atoms with Gasteiger partial charge in [0.2, 0.25) is 0 Å². The molecular weight excluding hydrogens is 328 g/mol. The molecule has 0 radical (unpaired) electrons. The SMILES string of the molecule is CCCn1nnc(NC(=S)NC(=O)COc2cc(C)cc(C)c2)n1. The molecule has 0 aliphatic carbocycles. The molecular formula is C15H20N6O2S. The molecule has 0 aliphatic rings. The molecule has 9 heteroatoms. The number of nitrogens with zero attached hydrogens (tertiary/aromatic N) is 4. The fraction of sp³-hybridized carbons (Fsp3) is 0.400. The van der Waals surface area contributed by atoms with Crippen LogP contribution in [0.1, 0.15) is 24.5 Å². The molecule has 2 aromatic rings. The van der Waals surface area contributed by atoms with Gasteiger partial charge in [0.25, 0.3) is 11.9 Å². The van der Waals surface area contributed by atoms with E-state index in [2.05, 4.69) is 26.0 Å². The van der Waals surface area contributed by atoms with Crippen molar-refractivity contribution in [3.63, 3.8) is 0 Å². The summed E-state index contributed by atoms with van der Waals surface area (Å²) < 4.78 is 5.47. The number of aryl methyl sites for hydroxylation is 3. The van der Waals surface area contributed by atoms with Gasteiger partial charge >= 0.3 is 0 Å². The van der Waals surface area contributed by atoms with Gasteiger partial charge in [0.1, 0.15) is 5.75 Å². The number of anilines is 1. The number of tetrazole rings is 1. The molecule has 0 atom stereocenters. The Kier molecular flexibility index (Phi) is 6.19. The molecule has 1 aromatic carbocycles. The summed E-state index contributed by atoms with van der Waals surface area (Å²) >= 11 is 5.04. The van der Waals surface area contributed by atoms with Gasteiger partial charge in [-0.2, -0.15) is 4.80 Å². The third kappa shape index (κ3) is 5.58. The summed E-state index contributed by atoms with van der Waals surface area (Å²) in [5, 5.41) is 17.0. The van der Waals surface area contributed by atoms with E-state index in [-0.39, 0.29) is 23.6 Å². The molecule has 0 fully saturated rings. The minimum absolute atomic E-state index is 0.0973. The van der Waals surface area contributed by atoms with E-state index in [9.17, 15) is 4.79 Å². The Morgan fingerprint density at radius 1 is 1.29 bits per heavy atom. The van der Waals surface area contributed by atoms with Crippen molar-refractivity contribution in [2.45, 2.75) is 33.7 Å². The maximum absolute atomic E-state index is 11.9. The molecule has 8 nitrogen and oxygen atoms in total. The van der Waals surface area contributed by atoms with E-state index in [0.717, 1.165) is 17.5 Å². The largest absolute Gasteiger partial charge is 0.484 e. The highest BCUT2D eigenvalue weighted by atomic mass is 32.1. The van der Waals surface area contributed by atoms with E-state index in [0.29, 0.717) is 12.3 Å². The van der Waals surface area contributed by atoms with E-state index in [1.54, 1.807) is 0 Å². The summed E-state index contributed by atoms with van der Waals surface area (Å²) in [4.78, 5) is 13.3. The Labute approximate surface area is 145 Å². The first-order chi connectivity index (χ1) is 11.5. The maximum atomic E-state index is 11.9. The van der Waals surface area contributed by atoms with Crippen molar-refractivity contribution in [3.8, 4) is 5.75 Å². The number of thiocarbonyl (C=S) groups is 1. The quantitative estimate of drug-likeness (QED) is 0.766. The maximum Gasteiger partial charge on any atom is 0.269 e. The highest BCUT2D eigenvalue weighted by Gasteiger charge is 2.09. The zero-order chi connectivity index (χ0) is 17.5. The molecule has 2 rings (SSSR count). The number of carbonyl (C=O) groups is 1. The normalized spacial score (nSPS) is 10.3. The van der Waals surface area contributed by atoms with Gasteiger partial charge in [-0.1, -0.05) is 18.1 Å². The van der Waals surface area contributed by atoms with Gasteiger partial charge in [-0.15, -0.1) is 5.10 Å². The summed E-state index contributed by atoms with van der Waals surface area (Å²) in [5.41, 5.74) is 2.15. The summed E-state index contributed by atoms with van der Waals surface area (Å²) in [5.74, 6) is 0.516. The van der Waals surface area contributed by atoms with Gasteiger partial charge in [-0.05, 0) is 61.0 Å². The smallest absolute Gasteiger partial charge is 0.269 e. The molecule has 0 saturated heterocycles. The molecule has 0 bridgehead atoms. The van der Waals surface area contributed by atoms with E-state index in [1.165, 1.54) is 4.80 Å². The van der Waals surface area contributed by atoms with Crippen molar-refractivity contribution in [2.24, 2.45) is 0 Å². The Balaban J connectivity index is 1.79. The van der Waals surface area contributed by atoms with Gasteiger partial charge in [0.15, 0.2) is 11.7 Å². The van der Waals surface area contributed by atoms with Crippen LogP contribution in [0.4, 0.5) is 5.95 Å². The molecule has 1 amide bonds. The van der Waals surface area contributed by atoms with Gasteiger partial charge in [-0.3, -0.25) is 15.4 Å². The molecule has 0 aliphatic heterocycles. The first kappa shape index (κ1) is 17.8. The number of aromatic nitrogens is 4. The molecule has 0 saturated carbocycles. The Bertz CT molecular complexity index is 710. The van der Waals surface area contributed by atoms with Crippen molar-refractivity contribution in [2.75, 3.05) is 11.9 Å². The number of rotatable bonds is 6. The fourth-order valence-electron chi connectivity index (χ4n) is 2.05. The van der Waals surface area contributed by atoms with Crippen LogP contribution in [0.2, 0.25) is 0 Å². The van der Waals surface area contributed by atoms with Crippen LogP contribution < -0.4 is 15.4 Å². The molecule has 2 N–H and O–H groups in total. The summed E-state index contributed by atoms with van der Waals surface area (Å²) in [6, 6.07) is 5.77. The predicted octanol–water partition coefficient (Wildman–Crippen LogP) is 1.59. The van der Waals surface area contributed by atoms with Crippen molar-refractivity contribution in [1.29, 1.82) is 0 Å². The Morgan fingerprint density at radius 2 is 2.00 bits per heavy atom. The highest BCUT2D eigenvalue weighted by molar-refractivity contribution is 7.80. The van der Waals surface area contributed by atoms with Gasteiger partial charge in [0, 0.05) is 0 Å². The molecule has 24 heavy (non-hydrogen) atoms. The first-order valence-electron chi connectivity index (χ1n) is 7.56. The lowest BCUT2D eigenvalue weighted by Gasteiger charge is -2.09. The molecule has 1 aromatic heterocycles. The third-order valence-corrected chi connectivity index (χ3v) is 3.12. The van der Waals surface area contributed by atoms with Crippen molar-refractivity contribution in [1.82, 2.24) is 25.5 Å². The first-order valence-corrected chi connectivity index (χ1v) is 7.97. The number of nitrogens with one attached hydrogen (secondary N) is 2. The van der Waals surface area contributed by atoms with Crippen LogP contribution in [0.3, 0.4) is 0 Å². The van der Waals surface area contributed by atoms with E-state index < -0.39 is 0 Å². The second kappa shape index (κ2) is 8.34. The van der Waals surface area contributed by atoms with E-state index in [1.807, 2.05) is 39.0 Å². The second-order valence-corrected chi connectivity index (χ2v) is 5.73. The minimum Gasteiger partial charge on any atom is -0.484 e. The fourth-order valence-corrected chi connectivity index (χ4v) is 2.25. The minimum atomic E-state index is -0.368. The lowest BCUT2D eigenvalue weighted by atomic mass is 10.1. The van der Waals surface area contributed by atoms with Crippen molar-refractivity contribution in [3.05, 3.63) is 29.3 Å². The van der Waals surface area contributed by atoms with Crippen LogP contribution >= 0.6 is 12.2 Å². The standard InChI is InChI=1S/C15H20N6O2S/c1-4-5-21-19-14(18-20-21)17-15(24)16-13(22)9-23-12-7-10(2)6-11(3)8-12/h6-8H,4-5,9H2,1-3H3,(H2,16,17,19,22,24). The lowest BCUT2D eigenvalue weighted by molar-refractivity contribution is -0.121. The lowest BCUT2D eigenvalue weighted by Crippen LogP contribution is -2.37. The summed E-state index contributed by atoms with van der Waals surface area (Å²) in [7, 11) is 0. The monoisotopic (exact) mass is 348 g/mol. The summed E-state index contributed by atoms with van der Waals surface area (Å²) in [6.45, 7) is 6.48. The van der Waals surface area contributed by atoms with Crippen LogP contribution in [-0.4, -0.2) is 37.8 Å². The Hall–Kier alpha value is -2.55. The number of hydrogen-bond donors (Lipinski definition) is 2. The van der Waals surface area contributed by atoms with E-state index >= 15 is 0 Å². The van der Waals surface area contributed by atoms with Crippen LogP contribution in [0.5, 0.6) is 5.75 Å². The van der Waals surface area contributed by atoms with Gasteiger partial charge in [0.05, 0.1) is 6.54 Å². The molecule has 1 heterocycles. The van der Waals surface area contributed by atoms with Crippen LogP contribution in [0.15, 0.2) is 18.2 Å². The van der Waals surface area contributed by atoms with Crippen molar-refractivity contribution < 1.29 is 9.53 Å². The van der Waals surface area contributed by atoms with Gasteiger partial charge < -0.3 is 4.74 Å². The number of benzene rings is 1. The zero-order valence-corrected chi connectivity index (χ0v) is 14.7. The molecule has 0 unspecified atom stereocenters. The third-order valence-electron chi connectivity index (χ3n) is 2.92. The molecule has 128 valence electrons. The average Bonchev–Trinajstić information content (AvgIpc) is 2.91. The number of carbonyl (C=O) groups excluding carboxylic acids is 1. The topological polar surface area (TPSA) is 94.0 Å².